The average Bonchev–Trinajstić information content (AvgIpc) is 3.04. The lowest BCUT2D eigenvalue weighted by Gasteiger charge is -2.18. The molecule has 1 aliphatic rings. The van der Waals surface area contributed by atoms with Gasteiger partial charge in [0.1, 0.15) is 11.9 Å². The summed E-state index contributed by atoms with van der Waals surface area (Å²) in [6.45, 7) is 3.08. The second-order valence-corrected chi connectivity index (χ2v) is 5.15. The molecule has 0 saturated heterocycles. The Kier molecular flexibility index (Phi) is 3.30. The molecule has 0 amide bonds. The van der Waals surface area contributed by atoms with Gasteiger partial charge in [-0.3, -0.25) is 0 Å². The van der Waals surface area contributed by atoms with Gasteiger partial charge in [-0.1, -0.05) is 18.2 Å². The molecule has 0 bridgehead atoms. The largest absolute Gasteiger partial charge is 0.488 e. The lowest BCUT2D eigenvalue weighted by molar-refractivity contribution is 0.207. The fourth-order valence-corrected chi connectivity index (χ4v) is 2.71. The molecule has 0 spiro atoms. The van der Waals surface area contributed by atoms with Crippen LogP contribution in [0.15, 0.2) is 42.6 Å². The number of hydrogen-bond donors (Lipinski definition) is 1. The Hall–Kier alpha value is -1.74. The molecule has 2 atom stereocenters. The van der Waals surface area contributed by atoms with Crippen molar-refractivity contribution in [3.63, 3.8) is 0 Å². The maximum atomic E-state index is 6.01. The molecule has 3 nitrogen and oxygen atoms in total. The van der Waals surface area contributed by atoms with Crippen molar-refractivity contribution in [1.29, 1.82) is 0 Å². The maximum Gasteiger partial charge on any atom is 0.123 e. The van der Waals surface area contributed by atoms with Gasteiger partial charge in [-0.2, -0.15) is 0 Å². The molecule has 2 aromatic rings. The van der Waals surface area contributed by atoms with Crippen molar-refractivity contribution in [2.24, 2.45) is 0 Å². The van der Waals surface area contributed by atoms with E-state index >= 15 is 0 Å². The van der Waals surface area contributed by atoms with Crippen molar-refractivity contribution < 1.29 is 4.74 Å². The second kappa shape index (κ2) is 5.10. The zero-order valence-electron chi connectivity index (χ0n) is 11.5. The Morgan fingerprint density at radius 3 is 2.95 bits per heavy atom. The highest BCUT2D eigenvalue weighted by molar-refractivity contribution is 5.37. The van der Waals surface area contributed by atoms with Crippen LogP contribution in [-0.2, 0) is 13.0 Å². The van der Waals surface area contributed by atoms with Gasteiger partial charge in [0.2, 0.25) is 0 Å². The minimum absolute atomic E-state index is 0.243. The highest BCUT2D eigenvalue weighted by Crippen LogP contribution is 2.29. The fraction of sp³-hybridized carbons (Fsp3) is 0.375. The van der Waals surface area contributed by atoms with E-state index in [9.17, 15) is 0 Å². The third-order valence-electron chi connectivity index (χ3n) is 3.86. The van der Waals surface area contributed by atoms with E-state index in [0.717, 1.165) is 18.7 Å². The Labute approximate surface area is 114 Å². The summed E-state index contributed by atoms with van der Waals surface area (Å²) in [5.41, 5.74) is 2.63. The predicted octanol–water partition coefficient (Wildman–Crippen LogP) is 2.77. The molecule has 2 heterocycles. The quantitative estimate of drug-likeness (QED) is 0.910. The van der Waals surface area contributed by atoms with Crippen molar-refractivity contribution in [3.05, 3.63) is 53.9 Å². The molecular weight excluding hydrogens is 236 g/mol. The maximum absolute atomic E-state index is 6.01. The van der Waals surface area contributed by atoms with E-state index in [1.165, 1.54) is 11.3 Å². The van der Waals surface area contributed by atoms with E-state index in [2.05, 4.69) is 53.3 Å². The fourth-order valence-electron chi connectivity index (χ4n) is 2.71. The summed E-state index contributed by atoms with van der Waals surface area (Å²) in [4.78, 5) is 0. The summed E-state index contributed by atoms with van der Waals surface area (Å²) in [7, 11) is 1.99. The van der Waals surface area contributed by atoms with Gasteiger partial charge in [-0.25, -0.2) is 0 Å². The van der Waals surface area contributed by atoms with E-state index in [4.69, 9.17) is 4.74 Å². The van der Waals surface area contributed by atoms with Gasteiger partial charge in [-0.15, -0.1) is 0 Å². The molecule has 1 aliphatic heterocycles. The smallest absolute Gasteiger partial charge is 0.123 e. The van der Waals surface area contributed by atoms with Crippen LogP contribution in [0.25, 0.3) is 0 Å². The van der Waals surface area contributed by atoms with Crippen LogP contribution in [0, 0.1) is 0 Å². The van der Waals surface area contributed by atoms with Crippen LogP contribution in [0.1, 0.15) is 24.2 Å². The molecule has 0 fully saturated rings. The molecule has 2 unspecified atom stereocenters. The Morgan fingerprint density at radius 2 is 2.16 bits per heavy atom. The third-order valence-corrected chi connectivity index (χ3v) is 3.86. The predicted molar refractivity (Wildman–Crippen MR) is 76.5 cm³/mol. The zero-order valence-corrected chi connectivity index (χ0v) is 11.5. The van der Waals surface area contributed by atoms with Crippen LogP contribution in [0.5, 0.6) is 5.75 Å². The number of nitrogens with zero attached hydrogens (tertiary/aromatic N) is 1. The first kappa shape index (κ1) is 12.3. The first-order valence-electron chi connectivity index (χ1n) is 6.85. The summed E-state index contributed by atoms with van der Waals surface area (Å²) >= 11 is 0. The summed E-state index contributed by atoms with van der Waals surface area (Å²) in [6.07, 6.45) is 3.38. The topological polar surface area (TPSA) is 26.2 Å². The summed E-state index contributed by atoms with van der Waals surface area (Å²) in [6, 6.07) is 13.0. The minimum atomic E-state index is 0.243. The van der Waals surface area contributed by atoms with Gasteiger partial charge in [0.25, 0.3) is 0 Å². The van der Waals surface area contributed by atoms with Gasteiger partial charge in [-0.05, 0) is 37.7 Å². The number of hydrogen-bond acceptors (Lipinski definition) is 2. The first-order chi connectivity index (χ1) is 9.28. The lowest BCUT2D eigenvalue weighted by atomic mass is 10.1. The molecule has 0 saturated carbocycles. The summed E-state index contributed by atoms with van der Waals surface area (Å²) < 4.78 is 8.30. The number of aromatic nitrogens is 1. The van der Waals surface area contributed by atoms with Crippen LogP contribution in [0.3, 0.4) is 0 Å². The first-order valence-corrected chi connectivity index (χ1v) is 6.85. The van der Waals surface area contributed by atoms with E-state index < -0.39 is 0 Å². The van der Waals surface area contributed by atoms with Crippen LogP contribution in [0.4, 0.5) is 0 Å². The lowest BCUT2D eigenvalue weighted by Crippen LogP contribution is -2.24. The normalized spacial score (nSPS) is 18.9. The standard InChI is InChI=1S/C16H20N2O/c1-12(17-2)15-7-5-9-18(15)11-14-10-13-6-3-4-8-16(13)19-14/h3-9,12,14,17H,10-11H2,1-2H3. The molecule has 3 heteroatoms. The number of benzene rings is 1. The van der Waals surface area contributed by atoms with Crippen molar-refractivity contribution in [2.45, 2.75) is 32.0 Å². The minimum Gasteiger partial charge on any atom is -0.488 e. The Bertz CT molecular complexity index is 536. The van der Waals surface area contributed by atoms with Gasteiger partial charge in [0.15, 0.2) is 0 Å². The Balaban J connectivity index is 1.73. The number of para-hydroxylation sites is 1. The van der Waals surface area contributed by atoms with Crippen molar-refractivity contribution in [2.75, 3.05) is 7.05 Å². The van der Waals surface area contributed by atoms with Gasteiger partial charge in [0, 0.05) is 24.4 Å². The highest BCUT2D eigenvalue weighted by atomic mass is 16.5. The molecular formula is C16H20N2O. The summed E-state index contributed by atoms with van der Waals surface area (Å²) in [5, 5.41) is 3.29. The SMILES string of the molecule is CNC(C)c1cccn1CC1Cc2ccccc2O1. The molecule has 3 rings (SSSR count). The molecule has 100 valence electrons. The van der Waals surface area contributed by atoms with Gasteiger partial charge in [0.05, 0.1) is 6.54 Å². The molecule has 0 radical (unpaired) electrons. The number of ether oxygens (including phenoxy) is 1. The third kappa shape index (κ3) is 2.38. The Morgan fingerprint density at radius 1 is 1.32 bits per heavy atom. The van der Waals surface area contributed by atoms with Crippen LogP contribution in [0.2, 0.25) is 0 Å². The van der Waals surface area contributed by atoms with E-state index in [0.29, 0.717) is 6.04 Å². The molecule has 0 aliphatic carbocycles. The molecule has 19 heavy (non-hydrogen) atoms. The van der Waals surface area contributed by atoms with Crippen molar-refractivity contribution in [1.82, 2.24) is 9.88 Å². The van der Waals surface area contributed by atoms with Crippen LogP contribution >= 0.6 is 0 Å². The summed E-state index contributed by atoms with van der Waals surface area (Å²) in [5.74, 6) is 1.04. The highest BCUT2D eigenvalue weighted by Gasteiger charge is 2.23. The number of rotatable bonds is 4. The molecule has 1 aromatic carbocycles. The van der Waals surface area contributed by atoms with Crippen molar-refractivity contribution in [3.8, 4) is 5.75 Å². The van der Waals surface area contributed by atoms with E-state index in [1.54, 1.807) is 0 Å². The van der Waals surface area contributed by atoms with Gasteiger partial charge < -0.3 is 14.6 Å². The monoisotopic (exact) mass is 256 g/mol. The van der Waals surface area contributed by atoms with E-state index in [-0.39, 0.29) is 6.10 Å². The number of nitrogens with one attached hydrogen (secondary N) is 1. The van der Waals surface area contributed by atoms with Crippen molar-refractivity contribution >= 4 is 0 Å². The van der Waals surface area contributed by atoms with E-state index in [1.807, 2.05) is 13.1 Å². The molecule has 1 aromatic heterocycles. The van der Waals surface area contributed by atoms with Crippen LogP contribution < -0.4 is 10.1 Å². The number of fused-ring (bicyclic) bond motifs is 1. The van der Waals surface area contributed by atoms with Crippen LogP contribution in [-0.4, -0.2) is 17.7 Å². The second-order valence-electron chi connectivity index (χ2n) is 5.15. The molecule has 1 N–H and O–H groups in total. The average molecular weight is 256 g/mol. The van der Waals surface area contributed by atoms with Gasteiger partial charge >= 0.3 is 0 Å². The zero-order chi connectivity index (χ0) is 13.2.